The Kier molecular flexibility index (Phi) is 3.06. The molecule has 0 heterocycles. The molecule has 0 atom stereocenters. The molecular weight excluding hydrogens is 244 g/mol. The molecule has 3 rings (SSSR count). The van der Waals surface area contributed by atoms with Crippen molar-refractivity contribution < 1.29 is 4.79 Å². The Balaban J connectivity index is 2.04. The molecule has 2 aromatic carbocycles. The van der Waals surface area contributed by atoms with E-state index in [0.29, 0.717) is 0 Å². The van der Waals surface area contributed by atoms with Gasteiger partial charge in [0.15, 0.2) is 5.78 Å². The molecule has 0 unspecified atom stereocenters. The highest BCUT2D eigenvalue weighted by atomic mass is 16.1. The Morgan fingerprint density at radius 1 is 0.950 bits per heavy atom. The van der Waals surface area contributed by atoms with Crippen LogP contribution in [0.1, 0.15) is 38.2 Å². The second-order valence-corrected chi connectivity index (χ2v) is 5.63. The number of carbonyl (C=O) groups excluding carboxylic acids is 1. The number of rotatable bonds is 1. The van der Waals surface area contributed by atoms with Crippen molar-refractivity contribution in [2.24, 2.45) is 0 Å². The lowest BCUT2D eigenvalue weighted by molar-refractivity contribution is 0.104. The first-order valence-electron chi connectivity index (χ1n) is 6.97. The van der Waals surface area contributed by atoms with Gasteiger partial charge in [0.1, 0.15) is 0 Å². The van der Waals surface area contributed by atoms with Crippen LogP contribution in [0.2, 0.25) is 0 Å². The third kappa shape index (κ3) is 2.09. The zero-order chi connectivity index (χ0) is 14.3. The van der Waals surface area contributed by atoms with Crippen LogP contribution in [0, 0.1) is 20.8 Å². The second kappa shape index (κ2) is 4.75. The van der Waals surface area contributed by atoms with Crippen LogP contribution in [0.25, 0.3) is 6.08 Å². The zero-order valence-corrected chi connectivity index (χ0v) is 12.2. The third-order valence-corrected chi connectivity index (χ3v) is 4.15. The molecule has 0 aromatic heterocycles. The molecule has 0 aliphatic heterocycles. The quantitative estimate of drug-likeness (QED) is 0.695. The van der Waals surface area contributed by atoms with Gasteiger partial charge in [-0.3, -0.25) is 4.79 Å². The van der Waals surface area contributed by atoms with Gasteiger partial charge in [0.25, 0.3) is 0 Å². The minimum absolute atomic E-state index is 0.179. The third-order valence-electron chi connectivity index (χ3n) is 4.15. The molecule has 100 valence electrons. The number of hydrogen-bond donors (Lipinski definition) is 0. The van der Waals surface area contributed by atoms with Crippen molar-refractivity contribution in [2.75, 3.05) is 0 Å². The van der Waals surface area contributed by atoms with Gasteiger partial charge in [-0.25, -0.2) is 0 Å². The van der Waals surface area contributed by atoms with Crippen molar-refractivity contribution in [2.45, 2.75) is 27.2 Å². The predicted octanol–water partition coefficient (Wildman–Crippen LogP) is 4.43. The summed E-state index contributed by atoms with van der Waals surface area (Å²) in [6.07, 6.45) is 2.81. The summed E-state index contributed by atoms with van der Waals surface area (Å²) in [7, 11) is 0. The number of aryl methyl sites for hydroxylation is 3. The van der Waals surface area contributed by atoms with E-state index in [1.54, 1.807) is 0 Å². The molecule has 1 nitrogen and oxygen atoms in total. The average molecular weight is 262 g/mol. The zero-order valence-electron chi connectivity index (χ0n) is 12.2. The number of hydrogen-bond acceptors (Lipinski definition) is 1. The molecule has 1 aliphatic carbocycles. The van der Waals surface area contributed by atoms with Crippen molar-refractivity contribution in [3.63, 3.8) is 0 Å². The summed E-state index contributed by atoms with van der Waals surface area (Å²) in [5.74, 6) is 0.179. The molecule has 0 fully saturated rings. The Bertz CT molecular complexity index is 735. The Hall–Kier alpha value is -2.15. The molecule has 20 heavy (non-hydrogen) atoms. The van der Waals surface area contributed by atoms with Crippen molar-refractivity contribution in [3.05, 3.63) is 75.4 Å². The van der Waals surface area contributed by atoms with E-state index in [4.69, 9.17) is 0 Å². The van der Waals surface area contributed by atoms with Gasteiger partial charge in [-0.05, 0) is 54.7 Å². The van der Waals surface area contributed by atoms with E-state index in [2.05, 4.69) is 39.0 Å². The first-order valence-corrected chi connectivity index (χ1v) is 6.97. The van der Waals surface area contributed by atoms with Crippen molar-refractivity contribution in [3.8, 4) is 0 Å². The number of carbonyl (C=O) groups is 1. The number of ketones is 1. The molecule has 1 aliphatic rings. The Morgan fingerprint density at radius 3 is 2.40 bits per heavy atom. The molecule has 0 saturated carbocycles. The topological polar surface area (TPSA) is 17.1 Å². The molecule has 0 spiro atoms. The standard InChI is InChI=1S/C19H18O/c1-12-8-14(3)16(9-13(12)2)11-17-10-15-6-4-5-7-18(15)19(17)20/h4-9,11H,10H2,1-3H3. The molecule has 2 aromatic rings. The van der Waals surface area contributed by atoms with Crippen LogP contribution in [0.15, 0.2) is 42.0 Å². The van der Waals surface area contributed by atoms with Gasteiger partial charge in [-0.1, -0.05) is 36.4 Å². The van der Waals surface area contributed by atoms with Crippen LogP contribution in [0.4, 0.5) is 0 Å². The molecule has 0 saturated heterocycles. The van der Waals surface area contributed by atoms with Crippen molar-refractivity contribution in [1.29, 1.82) is 0 Å². The molecule has 1 heteroatoms. The van der Waals surface area contributed by atoms with E-state index in [0.717, 1.165) is 28.7 Å². The van der Waals surface area contributed by atoms with E-state index in [-0.39, 0.29) is 5.78 Å². The minimum atomic E-state index is 0.179. The maximum absolute atomic E-state index is 12.4. The number of benzene rings is 2. The first kappa shape index (κ1) is 12.9. The molecule has 0 bridgehead atoms. The van der Waals surface area contributed by atoms with Gasteiger partial charge in [-0.15, -0.1) is 0 Å². The van der Waals surface area contributed by atoms with E-state index >= 15 is 0 Å². The van der Waals surface area contributed by atoms with Crippen molar-refractivity contribution >= 4 is 11.9 Å². The fourth-order valence-corrected chi connectivity index (χ4v) is 2.80. The summed E-state index contributed by atoms with van der Waals surface area (Å²) in [4.78, 5) is 12.4. The van der Waals surface area contributed by atoms with Crippen LogP contribution in [0.5, 0.6) is 0 Å². The van der Waals surface area contributed by atoms with Gasteiger partial charge in [0, 0.05) is 17.6 Å². The molecule has 0 N–H and O–H groups in total. The van der Waals surface area contributed by atoms with Crippen LogP contribution >= 0.6 is 0 Å². The maximum atomic E-state index is 12.4. The van der Waals surface area contributed by atoms with E-state index in [9.17, 15) is 4.79 Å². The summed E-state index contributed by atoms with van der Waals surface area (Å²) in [5, 5.41) is 0. The lowest BCUT2D eigenvalue weighted by atomic mass is 9.98. The molecule has 0 radical (unpaired) electrons. The average Bonchev–Trinajstić information content (AvgIpc) is 2.73. The lowest BCUT2D eigenvalue weighted by Crippen LogP contribution is -1.96. The van der Waals surface area contributed by atoms with Gasteiger partial charge >= 0.3 is 0 Å². The Morgan fingerprint density at radius 2 is 1.65 bits per heavy atom. The Labute approximate surface area is 120 Å². The summed E-state index contributed by atoms with van der Waals surface area (Å²) in [6.45, 7) is 6.34. The SMILES string of the molecule is Cc1cc(C)c(C=C2Cc3ccccc3C2=O)cc1C. The van der Waals surface area contributed by atoms with Crippen molar-refractivity contribution in [1.82, 2.24) is 0 Å². The summed E-state index contributed by atoms with van der Waals surface area (Å²) in [6, 6.07) is 12.3. The molecular formula is C19H18O. The summed E-state index contributed by atoms with van der Waals surface area (Å²) in [5.41, 5.74) is 7.85. The highest BCUT2D eigenvalue weighted by molar-refractivity contribution is 6.15. The normalized spacial score (nSPS) is 15.8. The lowest BCUT2D eigenvalue weighted by Gasteiger charge is -2.07. The number of allylic oxidation sites excluding steroid dienone is 1. The second-order valence-electron chi connectivity index (χ2n) is 5.63. The smallest absolute Gasteiger partial charge is 0.189 e. The van der Waals surface area contributed by atoms with E-state index in [1.165, 1.54) is 16.7 Å². The maximum Gasteiger partial charge on any atom is 0.189 e. The largest absolute Gasteiger partial charge is 0.289 e. The van der Waals surface area contributed by atoms with Crippen LogP contribution in [-0.4, -0.2) is 5.78 Å². The highest BCUT2D eigenvalue weighted by Crippen LogP contribution is 2.28. The highest BCUT2D eigenvalue weighted by Gasteiger charge is 2.24. The van der Waals surface area contributed by atoms with Gasteiger partial charge in [-0.2, -0.15) is 0 Å². The van der Waals surface area contributed by atoms with Crippen LogP contribution in [-0.2, 0) is 6.42 Å². The van der Waals surface area contributed by atoms with E-state index in [1.807, 2.05) is 24.3 Å². The van der Waals surface area contributed by atoms with Gasteiger partial charge < -0.3 is 0 Å². The first-order chi connectivity index (χ1) is 9.56. The van der Waals surface area contributed by atoms with Crippen LogP contribution in [0.3, 0.4) is 0 Å². The predicted molar refractivity (Wildman–Crippen MR) is 83.1 cm³/mol. The summed E-state index contributed by atoms with van der Waals surface area (Å²) >= 11 is 0. The number of fused-ring (bicyclic) bond motifs is 1. The fraction of sp³-hybridized carbons (Fsp3) is 0.211. The monoisotopic (exact) mass is 262 g/mol. The van der Waals surface area contributed by atoms with Gasteiger partial charge in [0.2, 0.25) is 0 Å². The van der Waals surface area contributed by atoms with E-state index < -0.39 is 0 Å². The minimum Gasteiger partial charge on any atom is -0.289 e. The fourth-order valence-electron chi connectivity index (χ4n) is 2.80. The number of Topliss-reactive ketones (excluding diaryl/α,β-unsaturated/α-hetero) is 1. The molecule has 0 amide bonds. The summed E-state index contributed by atoms with van der Waals surface area (Å²) < 4.78 is 0. The van der Waals surface area contributed by atoms with Crippen LogP contribution < -0.4 is 0 Å². The van der Waals surface area contributed by atoms with Gasteiger partial charge in [0.05, 0.1) is 0 Å².